The van der Waals surface area contributed by atoms with E-state index >= 15 is 0 Å². The lowest BCUT2D eigenvalue weighted by molar-refractivity contribution is -0.117. The summed E-state index contributed by atoms with van der Waals surface area (Å²) in [5.74, 6) is 0.616. The monoisotopic (exact) mass is 320 g/mol. The summed E-state index contributed by atoms with van der Waals surface area (Å²) in [5, 5.41) is -0.0381. The Morgan fingerprint density at radius 3 is 2.10 bits per heavy atom. The Labute approximate surface area is 133 Å². The maximum absolute atomic E-state index is 10.7. The van der Waals surface area contributed by atoms with Gasteiger partial charge in [-0.3, -0.25) is 4.79 Å². The predicted octanol–water partition coefficient (Wildman–Crippen LogP) is 5.08. The minimum Gasteiger partial charge on any atom is -0.300 e. The molecule has 20 heavy (non-hydrogen) atoms. The molecule has 0 aliphatic rings. The standard InChI is InChI=1S/2C8H13ClO/c1-6(2)8(9)5-4-7(3)10;1-3-4-5-8(6-9)7(2)10/h8H,1,4-5H2,2-3H3;5H,3-4,6H2,1-2H3. The maximum atomic E-state index is 10.7. The summed E-state index contributed by atoms with van der Waals surface area (Å²) in [6.07, 6.45) is 5.19. The predicted molar refractivity (Wildman–Crippen MR) is 88.8 cm³/mol. The zero-order valence-corrected chi connectivity index (χ0v) is 14.5. The number of halogens is 2. The molecule has 0 amide bonds. The van der Waals surface area contributed by atoms with E-state index in [1.54, 1.807) is 13.8 Å². The van der Waals surface area contributed by atoms with Gasteiger partial charge in [0.05, 0.1) is 11.3 Å². The molecule has 0 aliphatic heterocycles. The van der Waals surface area contributed by atoms with Crippen LogP contribution in [-0.4, -0.2) is 22.8 Å². The highest BCUT2D eigenvalue weighted by atomic mass is 35.5. The highest BCUT2D eigenvalue weighted by Crippen LogP contribution is 2.13. The normalized spacial score (nSPS) is 12.2. The van der Waals surface area contributed by atoms with Crippen LogP contribution in [0.15, 0.2) is 23.8 Å². The van der Waals surface area contributed by atoms with Crippen LogP contribution in [0.1, 0.15) is 53.4 Å². The third-order valence-corrected chi connectivity index (χ3v) is 3.44. The Morgan fingerprint density at radius 2 is 1.80 bits per heavy atom. The molecule has 1 atom stereocenters. The van der Waals surface area contributed by atoms with E-state index in [1.807, 2.05) is 13.0 Å². The summed E-state index contributed by atoms with van der Waals surface area (Å²) < 4.78 is 0. The molecule has 0 aromatic heterocycles. The van der Waals surface area contributed by atoms with Gasteiger partial charge >= 0.3 is 0 Å². The molecular formula is C16H26Cl2O2. The van der Waals surface area contributed by atoms with Crippen LogP contribution in [0.2, 0.25) is 0 Å². The topological polar surface area (TPSA) is 34.1 Å². The van der Waals surface area contributed by atoms with E-state index in [0.29, 0.717) is 18.7 Å². The quantitative estimate of drug-likeness (QED) is 0.355. The minimum atomic E-state index is -0.0381. The van der Waals surface area contributed by atoms with Gasteiger partial charge in [0.2, 0.25) is 0 Å². The molecule has 0 radical (unpaired) electrons. The largest absolute Gasteiger partial charge is 0.300 e. The highest BCUT2D eigenvalue weighted by molar-refractivity contribution is 6.22. The van der Waals surface area contributed by atoms with Gasteiger partial charge in [0.1, 0.15) is 5.78 Å². The van der Waals surface area contributed by atoms with Gasteiger partial charge in [0.15, 0.2) is 5.78 Å². The fraction of sp³-hybridized carbons (Fsp3) is 0.625. The lowest BCUT2D eigenvalue weighted by Gasteiger charge is -2.05. The lowest BCUT2D eigenvalue weighted by Crippen LogP contribution is -2.02. The van der Waals surface area contributed by atoms with Gasteiger partial charge in [-0.25, -0.2) is 0 Å². The number of unbranched alkanes of at least 4 members (excludes halogenated alkanes) is 1. The zero-order valence-electron chi connectivity index (χ0n) is 13.0. The van der Waals surface area contributed by atoms with Crippen LogP contribution in [0.25, 0.3) is 0 Å². The number of Topliss-reactive ketones (excluding diaryl/α,β-unsaturated/α-hetero) is 2. The molecule has 0 spiro atoms. The van der Waals surface area contributed by atoms with Gasteiger partial charge in [-0.2, -0.15) is 0 Å². The number of carbonyl (C=O) groups excluding carboxylic acids is 2. The first-order valence-corrected chi connectivity index (χ1v) is 7.78. The van der Waals surface area contributed by atoms with Gasteiger partial charge in [0, 0.05) is 12.0 Å². The first kappa shape index (κ1) is 21.7. The van der Waals surface area contributed by atoms with Crippen molar-refractivity contribution in [3.63, 3.8) is 0 Å². The summed E-state index contributed by atoms with van der Waals surface area (Å²) in [6, 6.07) is 0. The number of ketones is 2. The smallest absolute Gasteiger partial charge is 0.156 e. The lowest BCUT2D eigenvalue weighted by atomic mass is 10.1. The van der Waals surface area contributed by atoms with Gasteiger partial charge in [-0.05, 0) is 33.6 Å². The number of alkyl halides is 2. The fourth-order valence-electron chi connectivity index (χ4n) is 1.19. The van der Waals surface area contributed by atoms with Crippen molar-refractivity contribution in [2.24, 2.45) is 0 Å². The van der Waals surface area contributed by atoms with E-state index in [4.69, 9.17) is 23.2 Å². The van der Waals surface area contributed by atoms with Crippen molar-refractivity contribution >= 4 is 34.8 Å². The highest BCUT2D eigenvalue weighted by Gasteiger charge is 2.05. The molecule has 0 heterocycles. The molecule has 0 bridgehead atoms. The van der Waals surface area contributed by atoms with E-state index in [9.17, 15) is 9.59 Å². The first-order valence-electron chi connectivity index (χ1n) is 6.81. The maximum Gasteiger partial charge on any atom is 0.156 e. The third-order valence-electron chi connectivity index (χ3n) is 2.56. The molecule has 0 saturated carbocycles. The van der Waals surface area contributed by atoms with E-state index in [2.05, 4.69) is 13.5 Å². The van der Waals surface area contributed by atoms with Crippen LogP contribution in [0.5, 0.6) is 0 Å². The summed E-state index contributed by atoms with van der Waals surface area (Å²) in [4.78, 5) is 21.2. The van der Waals surface area contributed by atoms with E-state index < -0.39 is 0 Å². The van der Waals surface area contributed by atoms with Crippen molar-refractivity contribution in [2.45, 2.75) is 58.8 Å². The third kappa shape index (κ3) is 13.8. The second kappa shape index (κ2) is 13.4. The van der Waals surface area contributed by atoms with Crippen LogP contribution in [-0.2, 0) is 9.59 Å². The van der Waals surface area contributed by atoms with E-state index in [0.717, 1.165) is 24.0 Å². The molecule has 0 saturated heterocycles. The van der Waals surface area contributed by atoms with Gasteiger partial charge in [0.25, 0.3) is 0 Å². The fourth-order valence-corrected chi connectivity index (χ4v) is 1.59. The zero-order chi connectivity index (χ0) is 16.1. The Kier molecular flexibility index (Phi) is 14.5. The molecule has 0 aliphatic carbocycles. The molecule has 0 aromatic carbocycles. The SMILES string of the molecule is C=C(C)C(Cl)CCC(C)=O.CCCC=C(CCl)C(C)=O. The molecule has 0 rings (SSSR count). The van der Waals surface area contributed by atoms with Crippen molar-refractivity contribution in [3.05, 3.63) is 23.8 Å². The van der Waals surface area contributed by atoms with E-state index in [1.165, 1.54) is 0 Å². The summed E-state index contributed by atoms with van der Waals surface area (Å²) >= 11 is 11.3. The Hall–Kier alpha value is -0.600. The molecule has 0 N–H and O–H groups in total. The molecule has 0 aromatic rings. The molecule has 0 fully saturated rings. The van der Waals surface area contributed by atoms with Crippen molar-refractivity contribution < 1.29 is 9.59 Å². The number of carbonyl (C=O) groups is 2. The second-order valence-electron chi connectivity index (χ2n) is 4.76. The van der Waals surface area contributed by atoms with E-state index in [-0.39, 0.29) is 16.9 Å². The van der Waals surface area contributed by atoms with Crippen LogP contribution >= 0.6 is 23.2 Å². The summed E-state index contributed by atoms with van der Waals surface area (Å²) in [6.45, 7) is 10.8. The number of allylic oxidation sites excluding steroid dienone is 3. The summed E-state index contributed by atoms with van der Waals surface area (Å²) in [7, 11) is 0. The van der Waals surface area contributed by atoms with Crippen molar-refractivity contribution in [1.29, 1.82) is 0 Å². The Morgan fingerprint density at radius 1 is 1.25 bits per heavy atom. The van der Waals surface area contributed by atoms with Crippen molar-refractivity contribution in [1.82, 2.24) is 0 Å². The Bertz CT molecular complexity index is 346. The average molecular weight is 321 g/mol. The van der Waals surface area contributed by atoms with Crippen LogP contribution < -0.4 is 0 Å². The summed E-state index contributed by atoms with van der Waals surface area (Å²) in [5.41, 5.74) is 1.67. The molecule has 116 valence electrons. The number of hydrogen-bond acceptors (Lipinski definition) is 2. The van der Waals surface area contributed by atoms with Crippen LogP contribution in [0.3, 0.4) is 0 Å². The molecular weight excluding hydrogens is 295 g/mol. The first-order chi connectivity index (χ1) is 9.26. The second-order valence-corrected chi connectivity index (χ2v) is 5.56. The van der Waals surface area contributed by atoms with Crippen molar-refractivity contribution in [3.8, 4) is 0 Å². The van der Waals surface area contributed by atoms with Crippen LogP contribution in [0.4, 0.5) is 0 Å². The van der Waals surface area contributed by atoms with Crippen molar-refractivity contribution in [2.75, 3.05) is 5.88 Å². The Balaban J connectivity index is 0. The minimum absolute atomic E-state index is 0.0381. The number of rotatable bonds is 8. The van der Waals surface area contributed by atoms with Gasteiger partial charge in [-0.15, -0.1) is 23.2 Å². The average Bonchev–Trinajstić information content (AvgIpc) is 2.37. The van der Waals surface area contributed by atoms with Crippen LogP contribution in [0, 0.1) is 0 Å². The van der Waals surface area contributed by atoms with Gasteiger partial charge in [-0.1, -0.05) is 31.6 Å². The molecule has 4 heteroatoms. The molecule has 2 nitrogen and oxygen atoms in total. The number of hydrogen-bond donors (Lipinski definition) is 0. The molecule has 1 unspecified atom stereocenters. The van der Waals surface area contributed by atoms with Gasteiger partial charge < -0.3 is 4.79 Å².